The van der Waals surface area contributed by atoms with Crippen LogP contribution >= 0.6 is 0 Å². The zero-order valence-corrected chi connectivity index (χ0v) is 14.6. The van der Waals surface area contributed by atoms with E-state index in [1.807, 2.05) is 0 Å². The number of nitrogens with two attached hydrogens (primary N) is 1. The van der Waals surface area contributed by atoms with Crippen LogP contribution in [0, 0.1) is 5.92 Å². The molecule has 8 nitrogen and oxygen atoms in total. The van der Waals surface area contributed by atoms with Crippen molar-refractivity contribution in [1.82, 2.24) is 4.31 Å². The highest BCUT2D eigenvalue weighted by Crippen LogP contribution is 2.27. The van der Waals surface area contributed by atoms with Crippen LogP contribution in [0.15, 0.2) is 34.3 Å². The number of hydrogen-bond acceptors (Lipinski definition) is 6. The monoisotopic (exact) mass is 357 g/mol. The Balaban J connectivity index is 2.09. The molecule has 24 heavy (non-hydrogen) atoms. The first-order valence-corrected chi connectivity index (χ1v) is 9.01. The van der Waals surface area contributed by atoms with E-state index in [0.29, 0.717) is 31.5 Å². The number of hydrogen-bond donors (Lipinski definition) is 2. The van der Waals surface area contributed by atoms with Crippen molar-refractivity contribution in [3.05, 3.63) is 29.8 Å². The van der Waals surface area contributed by atoms with Crippen LogP contribution in [0.5, 0.6) is 0 Å². The number of ether oxygens (including phenoxy) is 2. The topological polar surface area (TPSA) is 114 Å². The summed E-state index contributed by atoms with van der Waals surface area (Å²) in [6.45, 7) is 0.830. The van der Waals surface area contributed by atoms with Crippen molar-refractivity contribution in [3.63, 3.8) is 0 Å². The van der Waals surface area contributed by atoms with Crippen molar-refractivity contribution in [2.45, 2.75) is 24.0 Å². The zero-order chi connectivity index (χ0) is 17.7. The summed E-state index contributed by atoms with van der Waals surface area (Å²) in [7, 11) is -0.398. The smallest absolute Gasteiger partial charge is 0.243 e. The maximum absolute atomic E-state index is 12.7. The van der Waals surface area contributed by atoms with E-state index in [1.165, 1.54) is 28.6 Å². The largest absolute Gasteiger partial charge is 0.409 e. The molecule has 0 saturated carbocycles. The number of sulfonamides is 1. The molecule has 0 aliphatic carbocycles. The van der Waals surface area contributed by atoms with Crippen molar-refractivity contribution in [2.24, 2.45) is 16.8 Å². The standard InChI is InChI=1S/C15H23N3O5S/c1-22-15(23-2)12-7-9-18(10-8-12)24(20,21)13-5-3-11(4-6-13)14(16)17-19/h3-6,12,15,19H,7-10H2,1-2H3,(H2,16,17). The van der Waals surface area contributed by atoms with Gasteiger partial charge in [0.1, 0.15) is 0 Å². The molecular formula is C15H23N3O5S. The summed E-state index contributed by atoms with van der Waals surface area (Å²) in [6.07, 6.45) is 1.04. The number of methoxy groups -OCH3 is 2. The molecule has 1 saturated heterocycles. The summed E-state index contributed by atoms with van der Waals surface area (Å²) in [5, 5.41) is 11.5. The highest BCUT2D eigenvalue weighted by molar-refractivity contribution is 7.89. The lowest BCUT2D eigenvalue weighted by Crippen LogP contribution is -2.42. The van der Waals surface area contributed by atoms with Crippen LogP contribution in [0.4, 0.5) is 0 Å². The summed E-state index contributed by atoms with van der Waals surface area (Å²) in [4.78, 5) is 0.186. The molecule has 0 spiro atoms. The van der Waals surface area contributed by atoms with Gasteiger partial charge in [-0.15, -0.1) is 0 Å². The van der Waals surface area contributed by atoms with Crippen LogP contribution in [0.3, 0.4) is 0 Å². The molecule has 2 rings (SSSR count). The van der Waals surface area contributed by atoms with Crippen molar-refractivity contribution in [2.75, 3.05) is 27.3 Å². The molecule has 134 valence electrons. The Bertz CT molecular complexity index is 663. The Morgan fingerprint density at radius 2 is 1.79 bits per heavy atom. The third-order valence-electron chi connectivity index (χ3n) is 4.24. The van der Waals surface area contributed by atoms with E-state index in [0.717, 1.165) is 0 Å². The lowest BCUT2D eigenvalue weighted by molar-refractivity contribution is -0.144. The fraction of sp³-hybridized carbons (Fsp3) is 0.533. The van der Waals surface area contributed by atoms with Gasteiger partial charge in [0.15, 0.2) is 12.1 Å². The van der Waals surface area contributed by atoms with E-state index in [-0.39, 0.29) is 22.9 Å². The molecule has 1 fully saturated rings. The number of nitrogens with zero attached hydrogens (tertiary/aromatic N) is 2. The summed E-state index contributed by atoms with van der Waals surface area (Å²) >= 11 is 0. The van der Waals surface area contributed by atoms with Gasteiger partial charge in [0.2, 0.25) is 10.0 Å². The molecular weight excluding hydrogens is 334 g/mol. The predicted molar refractivity (Wildman–Crippen MR) is 88.2 cm³/mol. The first kappa shape index (κ1) is 18.7. The Morgan fingerprint density at radius 1 is 1.25 bits per heavy atom. The van der Waals surface area contributed by atoms with E-state index >= 15 is 0 Å². The van der Waals surface area contributed by atoms with E-state index in [1.54, 1.807) is 14.2 Å². The molecule has 0 radical (unpaired) electrons. The number of benzene rings is 1. The summed E-state index contributed by atoms with van der Waals surface area (Å²) < 4.78 is 37.4. The van der Waals surface area contributed by atoms with E-state index < -0.39 is 10.0 Å². The normalized spacial score (nSPS) is 18.2. The Labute approximate surface area is 141 Å². The Hall–Kier alpha value is -1.68. The second kappa shape index (κ2) is 7.93. The van der Waals surface area contributed by atoms with Gasteiger partial charge in [-0.1, -0.05) is 5.16 Å². The highest BCUT2D eigenvalue weighted by Gasteiger charge is 2.32. The molecule has 0 bridgehead atoms. The quantitative estimate of drug-likeness (QED) is 0.256. The fourth-order valence-electron chi connectivity index (χ4n) is 2.87. The van der Waals surface area contributed by atoms with Crippen LogP contribution < -0.4 is 5.73 Å². The number of amidine groups is 1. The minimum atomic E-state index is -3.57. The molecule has 9 heteroatoms. The minimum Gasteiger partial charge on any atom is -0.409 e. The average Bonchev–Trinajstić information content (AvgIpc) is 2.62. The van der Waals surface area contributed by atoms with Crippen molar-refractivity contribution in [3.8, 4) is 0 Å². The Kier molecular flexibility index (Phi) is 6.16. The molecule has 0 aromatic heterocycles. The van der Waals surface area contributed by atoms with Gasteiger partial charge in [-0.25, -0.2) is 8.42 Å². The molecule has 1 aliphatic rings. The first-order chi connectivity index (χ1) is 11.4. The van der Waals surface area contributed by atoms with Gasteiger partial charge in [0.25, 0.3) is 0 Å². The predicted octanol–water partition coefficient (Wildman–Crippen LogP) is 0.801. The van der Waals surface area contributed by atoms with E-state index in [4.69, 9.17) is 20.4 Å². The minimum absolute atomic E-state index is 0.0649. The van der Waals surface area contributed by atoms with Crippen molar-refractivity contribution < 1.29 is 23.1 Å². The fourth-order valence-corrected chi connectivity index (χ4v) is 4.34. The Morgan fingerprint density at radius 3 is 2.25 bits per heavy atom. The van der Waals surface area contributed by atoms with E-state index in [2.05, 4.69) is 5.16 Å². The lowest BCUT2D eigenvalue weighted by atomic mass is 9.97. The second-order valence-electron chi connectivity index (χ2n) is 5.59. The lowest BCUT2D eigenvalue weighted by Gasteiger charge is -2.34. The van der Waals surface area contributed by atoms with Gasteiger partial charge < -0.3 is 20.4 Å². The summed E-state index contributed by atoms with van der Waals surface area (Å²) in [6, 6.07) is 5.95. The highest BCUT2D eigenvalue weighted by atomic mass is 32.2. The van der Waals surface area contributed by atoms with Crippen molar-refractivity contribution >= 4 is 15.9 Å². The molecule has 0 unspecified atom stereocenters. The van der Waals surface area contributed by atoms with Gasteiger partial charge in [-0.3, -0.25) is 0 Å². The summed E-state index contributed by atoms with van der Waals surface area (Å²) in [5.74, 6) is 0.110. The van der Waals surface area contributed by atoms with Crippen LogP contribution in [0.1, 0.15) is 18.4 Å². The average molecular weight is 357 g/mol. The molecule has 0 amide bonds. The first-order valence-electron chi connectivity index (χ1n) is 7.57. The van der Waals surface area contributed by atoms with Gasteiger partial charge in [0.05, 0.1) is 4.90 Å². The van der Waals surface area contributed by atoms with Crippen LogP contribution in [-0.4, -0.2) is 57.4 Å². The van der Waals surface area contributed by atoms with Crippen LogP contribution in [0.2, 0.25) is 0 Å². The molecule has 1 aromatic rings. The number of rotatable bonds is 6. The van der Waals surface area contributed by atoms with Crippen molar-refractivity contribution in [1.29, 1.82) is 0 Å². The maximum Gasteiger partial charge on any atom is 0.243 e. The third kappa shape index (κ3) is 3.86. The SMILES string of the molecule is COC(OC)C1CCN(S(=O)(=O)c2ccc(/C(N)=N/O)cc2)CC1. The van der Waals surface area contributed by atoms with Gasteiger partial charge in [-0.2, -0.15) is 4.31 Å². The number of piperidine rings is 1. The molecule has 1 aliphatic heterocycles. The van der Waals surface area contributed by atoms with E-state index in [9.17, 15) is 8.42 Å². The van der Waals surface area contributed by atoms with Gasteiger partial charge in [-0.05, 0) is 37.1 Å². The van der Waals surface area contributed by atoms with Gasteiger partial charge >= 0.3 is 0 Å². The molecule has 3 N–H and O–H groups in total. The third-order valence-corrected chi connectivity index (χ3v) is 6.16. The molecule has 0 atom stereocenters. The van der Waals surface area contributed by atoms with Crippen LogP contribution in [-0.2, 0) is 19.5 Å². The maximum atomic E-state index is 12.7. The van der Waals surface area contributed by atoms with Crippen LogP contribution in [0.25, 0.3) is 0 Å². The molecule has 1 aromatic carbocycles. The number of oxime groups is 1. The molecule has 1 heterocycles. The summed E-state index contributed by atoms with van der Waals surface area (Å²) in [5.41, 5.74) is 5.94. The second-order valence-corrected chi connectivity index (χ2v) is 7.53. The van der Waals surface area contributed by atoms with Gasteiger partial charge in [0, 0.05) is 38.8 Å². The zero-order valence-electron chi connectivity index (χ0n) is 13.8.